The van der Waals surface area contributed by atoms with E-state index in [9.17, 15) is 19.2 Å². The van der Waals surface area contributed by atoms with Crippen molar-refractivity contribution < 1.29 is 42.9 Å². The summed E-state index contributed by atoms with van der Waals surface area (Å²) in [6, 6.07) is 0. The fourth-order valence-electron chi connectivity index (χ4n) is 1.97. The molecule has 1 saturated heterocycles. The fourth-order valence-corrected chi connectivity index (χ4v) is 1.97. The van der Waals surface area contributed by atoms with E-state index >= 15 is 0 Å². The molecule has 0 radical (unpaired) electrons. The van der Waals surface area contributed by atoms with Crippen molar-refractivity contribution in [3.05, 3.63) is 0 Å². The van der Waals surface area contributed by atoms with Crippen LogP contribution in [0, 0.1) is 0 Å². The molecule has 1 heterocycles. The number of carbonyl (C=O) groups is 4. The third-order valence-electron chi connectivity index (χ3n) is 2.59. The van der Waals surface area contributed by atoms with Gasteiger partial charge in [-0.05, 0) is 0 Å². The van der Waals surface area contributed by atoms with Gasteiger partial charge in [0.1, 0.15) is 0 Å². The molecule has 22 heavy (non-hydrogen) atoms. The lowest BCUT2D eigenvalue weighted by molar-refractivity contribution is -0.273. The lowest BCUT2D eigenvalue weighted by Gasteiger charge is -2.39. The molecule has 124 valence electrons. The van der Waals surface area contributed by atoms with Crippen LogP contribution < -0.4 is 0 Å². The third kappa shape index (κ3) is 5.32. The molecule has 0 N–H and O–H groups in total. The van der Waals surface area contributed by atoms with Crippen LogP contribution in [0.4, 0.5) is 0 Å². The summed E-state index contributed by atoms with van der Waals surface area (Å²) >= 11 is 0. The first kappa shape index (κ1) is 17.9. The zero-order valence-corrected chi connectivity index (χ0v) is 12.7. The average molecular weight is 318 g/mol. The third-order valence-corrected chi connectivity index (χ3v) is 2.59. The Morgan fingerprint density at radius 3 is 1.64 bits per heavy atom. The number of esters is 4. The van der Waals surface area contributed by atoms with Crippen molar-refractivity contribution in [1.82, 2.24) is 0 Å². The number of hydrogen-bond donors (Lipinski definition) is 0. The summed E-state index contributed by atoms with van der Waals surface area (Å²) in [6.45, 7) is 4.40. The van der Waals surface area contributed by atoms with Gasteiger partial charge in [0.2, 0.25) is 12.4 Å². The minimum atomic E-state index is -1.27. The van der Waals surface area contributed by atoms with E-state index < -0.39 is 48.5 Å². The molecule has 2 unspecified atom stereocenters. The zero-order chi connectivity index (χ0) is 16.9. The first-order valence-corrected chi connectivity index (χ1v) is 6.51. The standard InChI is InChI=1S/C13H18O9/c1-6(14)19-10-5-18-13(22-9(4)17)12(21-8(3)16)11(10)20-7(2)15/h10-13H,5H2,1-4H3/t10-,11?,12?,13+/m1/s1. The fraction of sp³-hybridized carbons (Fsp3) is 0.692. The number of rotatable bonds is 4. The quantitative estimate of drug-likeness (QED) is 0.509. The Hall–Kier alpha value is -2.16. The molecule has 1 fully saturated rings. The SMILES string of the molecule is CC(=O)OC1C(OC(C)=O)[C@H](OC(C)=O)CO[C@H]1OC(C)=O. The molecule has 0 amide bonds. The molecule has 9 nitrogen and oxygen atoms in total. The molecule has 0 aromatic heterocycles. The summed E-state index contributed by atoms with van der Waals surface area (Å²) in [7, 11) is 0. The maximum atomic E-state index is 11.3. The topological polar surface area (TPSA) is 114 Å². The first-order chi connectivity index (χ1) is 10.2. The molecule has 4 atom stereocenters. The van der Waals surface area contributed by atoms with Gasteiger partial charge in [0, 0.05) is 27.7 Å². The molecule has 1 aliphatic rings. The van der Waals surface area contributed by atoms with E-state index in [1.165, 1.54) is 6.92 Å². The van der Waals surface area contributed by atoms with Crippen LogP contribution in [0.2, 0.25) is 0 Å². The minimum Gasteiger partial charge on any atom is -0.456 e. The van der Waals surface area contributed by atoms with Gasteiger partial charge in [-0.1, -0.05) is 0 Å². The van der Waals surface area contributed by atoms with E-state index in [1.807, 2.05) is 0 Å². The van der Waals surface area contributed by atoms with Gasteiger partial charge in [-0.15, -0.1) is 0 Å². The van der Waals surface area contributed by atoms with E-state index in [-0.39, 0.29) is 6.61 Å². The highest BCUT2D eigenvalue weighted by Crippen LogP contribution is 2.25. The Morgan fingerprint density at radius 1 is 0.727 bits per heavy atom. The molecule has 9 heteroatoms. The van der Waals surface area contributed by atoms with Crippen LogP contribution in [0.5, 0.6) is 0 Å². The van der Waals surface area contributed by atoms with Crippen molar-refractivity contribution in [3.63, 3.8) is 0 Å². The second-order valence-electron chi connectivity index (χ2n) is 4.61. The molecular formula is C13H18O9. The number of hydrogen-bond acceptors (Lipinski definition) is 9. The van der Waals surface area contributed by atoms with Gasteiger partial charge < -0.3 is 23.7 Å². The Labute approximate surface area is 126 Å². The van der Waals surface area contributed by atoms with Crippen molar-refractivity contribution in [2.24, 2.45) is 0 Å². The van der Waals surface area contributed by atoms with Crippen LogP contribution in [0.25, 0.3) is 0 Å². The van der Waals surface area contributed by atoms with Crippen LogP contribution in [0.15, 0.2) is 0 Å². The van der Waals surface area contributed by atoms with Crippen LogP contribution in [0.3, 0.4) is 0 Å². The predicted molar refractivity (Wildman–Crippen MR) is 68.2 cm³/mol. The van der Waals surface area contributed by atoms with E-state index in [4.69, 9.17) is 23.7 Å². The predicted octanol–water partition coefficient (Wildman–Crippen LogP) is -0.299. The van der Waals surface area contributed by atoms with Crippen LogP contribution in [-0.2, 0) is 42.9 Å². The summed E-state index contributed by atoms with van der Waals surface area (Å²) in [5, 5.41) is 0. The van der Waals surface area contributed by atoms with Gasteiger partial charge in [-0.3, -0.25) is 19.2 Å². The van der Waals surface area contributed by atoms with E-state index in [2.05, 4.69) is 0 Å². The van der Waals surface area contributed by atoms with Gasteiger partial charge >= 0.3 is 23.9 Å². The van der Waals surface area contributed by atoms with Gasteiger partial charge in [-0.25, -0.2) is 0 Å². The highest BCUT2D eigenvalue weighted by atomic mass is 16.7. The van der Waals surface area contributed by atoms with Crippen molar-refractivity contribution in [3.8, 4) is 0 Å². The Balaban J connectivity index is 3.03. The van der Waals surface area contributed by atoms with Crippen LogP contribution in [-0.4, -0.2) is 55.1 Å². The van der Waals surface area contributed by atoms with Crippen molar-refractivity contribution >= 4 is 23.9 Å². The zero-order valence-electron chi connectivity index (χ0n) is 12.7. The number of ether oxygens (including phenoxy) is 5. The maximum absolute atomic E-state index is 11.3. The molecular weight excluding hydrogens is 300 g/mol. The van der Waals surface area contributed by atoms with Crippen LogP contribution in [0.1, 0.15) is 27.7 Å². The normalized spacial score (nSPS) is 27.5. The minimum absolute atomic E-state index is 0.187. The monoisotopic (exact) mass is 318 g/mol. The smallest absolute Gasteiger partial charge is 0.305 e. The number of carbonyl (C=O) groups excluding carboxylic acids is 4. The summed E-state index contributed by atoms with van der Waals surface area (Å²) in [5.41, 5.74) is 0. The highest BCUT2D eigenvalue weighted by Gasteiger charge is 2.48. The summed E-state index contributed by atoms with van der Waals surface area (Å²) in [4.78, 5) is 44.7. The Morgan fingerprint density at radius 2 is 1.18 bits per heavy atom. The second-order valence-corrected chi connectivity index (χ2v) is 4.61. The average Bonchev–Trinajstić information content (AvgIpc) is 2.34. The first-order valence-electron chi connectivity index (χ1n) is 6.51. The van der Waals surface area contributed by atoms with E-state index in [1.54, 1.807) is 0 Å². The molecule has 0 aromatic carbocycles. The van der Waals surface area contributed by atoms with Gasteiger partial charge in [0.05, 0.1) is 6.61 Å². The summed E-state index contributed by atoms with van der Waals surface area (Å²) < 4.78 is 25.2. The highest BCUT2D eigenvalue weighted by molar-refractivity contribution is 5.69. The largest absolute Gasteiger partial charge is 0.456 e. The molecule has 0 spiro atoms. The molecule has 1 aliphatic heterocycles. The summed E-state index contributed by atoms with van der Waals surface area (Å²) in [6.07, 6.45) is -4.65. The lowest BCUT2D eigenvalue weighted by atomic mass is 10.0. The second kappa shape index (κ2) is 7.74. The lowest BCUT2D eigenvalue weighted by Crippen LogP contribution is -2.58. The molecule has 0 saturated carbocycles. The van der Waals surface area contributed by atoms with Crippen molar-refractivity contribution in [2.75, 3.05) is 6.61 Å². The Bertz CT molecular complexity index is 416. The molecule has 0 aromatic rings. The van der Waals surface area contributed by atoms with E-state index in [0.29, 0.717) is 0 Å². The van der Waals surface area contributed by atoms with Crippen LogP contribution >= 0.6 is 0 Å². The van der Waals surface area contributed by atoms with Gasteiger partial charge in [0.25, 0.3) is 0 Å². The van der Waals surface area contributed by atoms with Crippen molar-refractivity contribution in [1.29, 1.82) is 0 Å². The molecule has 0 aliphatic carbocycles. The molecule has 1 rings (SSSR count). The van der Waals surface area contributed by atoms with Gasteiger partial charge in [0.15, 0.2) is 12.2 Å². The van der Waals surface area contributed by atoms with E-state index in [0.717, 1.165) is 20.8 Å². The summed E-state index contributed by atoms with van der Waals surface area (Å²) in [5.74, 6) is -2.68. The van der Waals surface area contributed by atoms with Crippen molar-refractivity contribution in [2.45, 2.75) is 52.3 Å². The maximum Gasteiger partial charge on any atom is 0.305 e. The van der Waals surface area contributed by atoms with Gasteiger partial charge in [-0.2, -0.15) is 0 Å². The molecule has 0 bridgehead atoms. The Kier molecular flexibility index (Phi) is 6.29.